The molecule has 14 heavy (non-hydrogen) atoms. The molecule has 0 heterocycles. The molecule has 4 nitrogen and oxygen atoms in total. The predicted molar refractivity (Wildman–Crippen MR) is 62.9 cm³/mol. The topological polar surface area (TPSA) is 42.5 Å². The fourth-order valence-electron chi connectivity index (χ4n) is 0.916. The molecule has 0 saturated heterocycles. The normalized spacial score (nSPS) is 11.1. The van der Waals surface area contributed by atoms with Crippen molar-refractivity contribution >= 4 is 0 Å². The molecule has 0 aliphatic heterocycles. The Hall–Kier alpha value is -0.160. The van der Waals surface area contributed by atoms with E-state index in [0.29, 0.717) is 19.3 Å². The average Bonchev–Trinajstić information content (AvgIpc) is 2.15. The van der Waals surface area contributed by atoms with Gasteiger partial charge in [-0.1, -0.05) is 13.8 Å². The Kier molecular flexibility index (Phi) is 10.8. The molecule has 0 aromatic rings. The maximum atomic E-state index is 5.36. The van der Waals surface area contributed by atoms with Gasteiger partial charge in [0.2, 0.25) is 0 Å². The second kappa shape index (κ2) is 10.9. The zero-order chi connectivity index (χ0) is 10.6. The zero-order valence-corrected chi connectivity index (χ0v) is 9.64. The molecule has 0 aliphatic rings. The van der Waals surface area contributed by atoms with Gasteiger partial charge >= 0.3 is 0 Å². The first kappa shape index (κ1) is 13.8. The maximum absolute atomic E-state index is 5.36. The van der Waals surface area contributed by atoms with Gasteiger partial charge in [0.05, 0.1) is 26.4 Å². The summed E-state index contributed by atoms with van der Waals surface area (Å²) >= 11 is 0. The van der Waals surface area contributed by atoms with Crippen molar-refractivity contribution in [2.75, 3.05) is 46.6 Å². The lowest BCUT2D eigenvalue weighted by molar-refractivity contribution is 0.0499. The molecule has 0 rings (SSSR count). The van der Waals surface area contributed by atoms with Crippen LogP contribution in [0.15, 0.2) is 0 Å². The van der Waals surface area contributed by atoms with Gasteiger partial charge in [-0.15, -0.1) is 0 Å². The van der Waals surface area contributed by atoms with E-state index in [1.165, 1.54) is 0 Å². The lowest BCUT2D eigenvalue weighted by Gasteiger charge is -2.08. The number of likely N-dealkylation sites (N-methyl/N-ethyl adjacent to an activating group) is 1. The van der Waals surface area contributed by atoms with Gasteiger partial charge in [-0.2, -0.15) is 0 Å². The van der Waals surface area contributed by atoms with Crippen molar-refractivity contribution in [1.29, 1.82) is 0 Å². The lowest BCUT2D eigenvalue weighted by Crippen LogP contribution is -2.27. The Balaban J connectivity index is -0.000000845. The number of rotatable bonds is 10. The predicted octanol–water partition coefficient (Wildman–Crippen LogP) is 0.729. The monoisotopic (exact) mass is 208 g/mol. The van der Waals surface area contributed by atoms with Crippen LogP contribution in [0.2, 0.25) is 0 Å². The molecular weight excluding hydrogens is 180 g/mol. The van der Waals surface area contributed by atoms with Crippen molar-refractivity contribution in [1.82, 2.24) is 10.6 Å². The summed E-state index contributed by atoms with van der Waals surface area (Å²) in [4.78, 5) is 0. The van der Waals surface area contributed by atoms with Crippen LogP contribution in [0.3, 0.4) is 0 Å². The first-order valence-corrected chi connectivity index (χ1v) is 5.31. The minimum Gasteiger partial charge on any atom is -0.378 e. The van der Waals surface area contributed by atoms with Gasteiger partial charge < -0.3 is 20.1 Å². The van der Waals surface area contributed by atoms with E-state index in [0.717, 1.165) is 26.3 Å². The van der Waals surface area contributed by atoms with E-state index in [1.54, 1.807) is 0 Å². The summed E-state index contributed by atoms with van der Waals surface area (Å²) in [6.07, 6.45) is 0. The summed E-state index contributed by atoms with van der Waals surface area (Å²) in [7, 11) is 1.91. The van der Waals surface area contributed by atoms with Crippen LogP contribution in [0.5, 0.6) is 0 Å². The summed E-state index contributed by atoms with van der Waals surface area (Å²) in [6, 6.07) is 0.533. The van der Waals surface area contributed by atoms with Crippen LogP contribution in [-0.2, 0) is 9.47 Å². The highest BCUT2D eigenvalue weighted by Gasteiger charge is 1.92. The highest BCUT2D eigenvalue weighted by atomic mass is 16.5. The Bertz CT molecular complexity index is 119. The van der Waals surface area contributed by atoms with Crippen molar-refractivity contribution in [3.63, 3.8) is 0 Å². The Morgan fingerprint density at radius 1 is 1.00 bits per heavy atom. The maximum Gasteiger partial charge on any atom is 0.0701 e. The molecule has 2 N–H and O–H groups in total. The zero-order valence-electron chi connectivity index (χ0n) is 9.64. The highest BCUT2D eigenvalue weighted by molar-refractivity contribution is 4.50. The number of hydrogen-bond acceptors (Lipinski definition) is 4. The summed E-state index contributed by atoms with van der Waals surface area (Å²) in [5.74, 6) is 0. The van der Waals surface area contributed by atoms with E-state index in [-0.39, 0.29) is 2.85 Å². The average molecular weight is 208 g/mol. The third-order valence-corrected chi connectivity index (χ3v) is 1.67. The molecule has 0 atom stereocenters. The van der Waals surface area contributed by atoms with Crippen LogP contribution < -0.4 is 10.6 Å². The molecule has 0 saturated carbocycles. The number of hydrogen-bond donors (Lipinski definition) is 2. The largest absolute Gasteiger partial charge is 0.378 e. The van der Waals surface area contributed by atoms with Crippen LogP contribution in [0, 0.1) is 0 Å². The molecule has 0 spiro atoms. The molecule has 0 bridgehead atoms. The molecule has 0 radical (unpaired) electrons. The second-order valence-electron chi connectivity index (χ2n) is 3.44. The lowest BCUT2D eigenvalue weighted by atomic mass is 10.4. The standard InChI is InChI=1S/C10H24N2O2.2H2/c1-10(2)12-5-7-14-9-8-13-6-4-11-3;;/h10-12H,4-9H2,1-3H3;2*1H. The Labute approximate surface area is 90.3 Å². The van der Waals surface area contributed by atoms with Crippen LogP contribution in [0.1, 0.15) is 16.7 Å². The van der Waals surface area contributed by atoms with Crippen molar-refractivity contribution in [2.24, 2.45) is 0 Å². The van der Waals surface area contributed by atoms with Gasteiger partial charge in [0.15, 0.2) is 0 Å². The smallest absolute Gasteiger partial charge is 0.0701 e. The minimum atomic E-state index is 0. The molecular formula is C10H28N2O2. The molecule has 0 amide bonds. The van der Waals surface area contributed by atoms with E-state index in [1.807, 2.05) is 7.05 Å². The Morgan fingerprint density at radius 3 is 2.07 bits per heavy atom. The quantitative estimate of drug-likeness (QED) is 0.519. The molecule has 0 aromatic carbocycles. The summed E-state index contributed by atoms with van der Waals surface area (Å²) in [5.41, 5.74) is 0. The first-order valence-electron chi connectivity index (χ1n) is 5.31. The van der Waals surface area contributed by atoms with Crippen molar-refractivity contribution < 1.29 is 12.3 Å². The van der Waals surface area contributed by atoms with Crippen molar-refractivity contribution in [3.8, 4) is 0 Å². The van der Waals surface area contributed by atoms with E-state index in [2.05, 4.69) is 24.5 Å². The van der Waals surface area contributed by atoms with Gasteiger partial charge in [0.25, 0.3) is 0 Å². The molecule has 90 valence electrons. The third-order valence-electron chi connectivity index (χ3n) is 1.67. The van der Waals surface area contributed by atoms with Gasteiger partial charge in [0, 0.05) is 22.0 Å². The van der Waals surface area contributed by atoms with E-state index in [4.69, 9.17) is 9.47 Å². The van der Waals surface area contributed by atoms with Crippen molar-refractivity contribution in [3.05, 3.63) is 0 Å². The van der Waals surface area contributed by atoms with E-state index < -0.39 is 0 Å². The number of ether oxygens (including phenoxy) is 2. The minimum absolute atomic E-state index is 0. The highest BCUT2D eigenvalue weighted by Crippen LogP contribution is 1.79. The fraction of sp³-hybridized carbons (Fsp3) is 1.00. The summed E-state index contributed by atoms with van der Waals surface area (Å²) < 4.78 is 10.7. The molecule has 0 fully saturated rings. The van der Waals surface area contributed by atoms with Crippen LogP contribution in [-0.4, -0.2) is 52.6 Å². The molecule has 0 unspecified atom stereocenters. The van der Waals surface area contributed by atoms with Gasteiger partial charge in [-0.3, -0.25) is 0 Å². The van der Waals surface area contributed by atoms with Crippen LogP contribution >= 0.6 is 0 Å². The van der Waals surface area contributed by atoms with Gasteiger partial charge in [-0.25, -0.2) is 0 Å². The summed E-state index contributed by atoms with van der Waals surface area (Å²) in [6.45, 7) is 8.94. The molecule has 0 aliphatic carbocycles. The van der Waals surface area contributed by atoms with Crippen LogP contribution in [0.4, 0.5) is 0 Å². The van der Waals surface area contributed by atoms with E-state index in [9.17, 15) is 0 Å². The summed E-state index contributed by atoms with van der Waals surface area (Å²) in [5, 5.41) is 6.30. The molecule has 4 heteroatoms. The fourth-order valence-corrected chi connectivity index (χ4v) is 0.916. The van der Waals surface area contributed by atoms with Gasteiger partial charge in [-0.05, 0) is 7.05 Å². The Morgan fingerprint density at radius 2 is 1.57 bits per heavy atom. The number of nitrogens with one attached hydrogen (secondary N) is 2. The molecule has 0 aromatic heterocycles. The second-order valence-corrected chi connectivity index (χ2v) is 3.44. The van der Waals surface area contributed by atoms with Gasteiger partial charge in [0.1, 0.15) is 0 Å². The van der Waals surface area contributed by atoms with Crippen molar-refractivity contribution in [2.45, 2.75) is 19.9 Å². The first-order chi connectivity index (χ1) is 6.77. The van der Waals surface area contributed by atoms with Crippen LogP contribution in [0.25, 0.3) is 0 Å². The SMILES string of the molecule is CNCCOCCOCCNC(C)C.[HH].[HH]. The van der Waals surface area contributed by atoms with E-state index >= 15 is 0 Å². The third kappa shape index (κ3) is 11.8.